The topological polar surface area (TPSA) is 83.4 Å². The molecule has 1 fully saturated rings. The van der Waals surface area contributed by atoms with Gasteiger partial charge in [-0.25, -0.2) is 0 Å². The molecule has 6 nitrogen and oxygen atoms in total. The zero-order valence-corrected chi connectivity index (χ0v) is 11.3. The molecule has 1 aromatic rings. The highest BCUT2D eigenvalue weighted by Crippen LogP contribution is 2.17. The number of hydrogen-bond acceptors (Lipinski definition) is 5. The van der Waals surface area contributed by atoms with Crippen molar-refractivity contribution in [2.45, 2.75) is 12.5 Å². The largest absolute Gasteiger partial charge is 0.479 e. The molecule has 20 heavy (non-hydrogen) atoms. The zero-order chi connectivity index (χ0) is 14.4. The third-order valence-electron chi connectivity index (χ3n) is 2.99. The van der Waals surface area contributed by atoms with E-state index in [2.05, 4.69) is 10.6 Å². The van der Waals surface area contributed by atoms with Gasteiger partial charge in [0.25, 0.3) is 0 Å². The Morgan fingerprint density at radius 3 is 2.70 bits per heavy atom. The Bertz CT molecular complexity index is 503. The Morgan fingerprint density at radius 1 is 1.45 bits per heavy atom. The number of amides is 1. The number of nitrogens with zero attached hydrogens (tertiary/aromatic N) is 1. The molecule has 1 aliphatic heterocycles. The molecule has 6 heteroatoms. The monoisotopic (exact) mass is 275 g/mol. The number of nitrogens with one attached hydrogen (secondary N) is 2. The summed E-state index contributed by atoms with van der Waals surface area (Å²) in [5.74, 6) is 0.401. The number of anilines is 1. The summed E-state index contributed by atoms with van der Waals surface area (Å²) < 4.78 is 10.7. The van der Waals surface area contributed by atoms with Crippen LogP contribution in [0.15, 0.2) is 24.3 Å². The molecule has 1 heterocycles. The van der Waals surface area contributed by atoms with Crippen LogP contribution >= 0.6 is 0 Å². The molecule has 1 aliphatic rings. The highest BCUT2D eigenvalue weighted by Gasteiger charge is 2.32. The molecule has 0 aromatic heterocycles. The fourth-order valence-electron chi connectivity index (χ4n) is 1.77. The highest BCUT2D eigenvalue weighted by atomic mass is 16.5. The van der Waals surface area contributed by atoms with Crippen LogP contribution in [0.2, 0.25) is 0 Å². The molecule has 2 N–H and O–H groups in total. The Kier molecular flexibility index (Phi) is 4.56. The number of nitriles is 1. The van der Waals surface area contributed by atoms with Gasteiger partial charge < -0.3 is 20.1 Å². The smallest absolute Gasteiger partial charge is 0.250 e. The van der Waals surface area contributed by atoms with E-state index in [9.17, 15) is 4.79 Å². The highest BCUT2D eigenvalue weighted by molar-refractivity contribution is 5.91. The standard InChI is InChI=1S/C14H17N3O3/c1-14(9-16-10-14)20-8-13(18)17-11-2-4-12(5-3-11)19-7-6-15/h2-5,16H,7-10H2,1H3,(H,17,18). The van der Waals surface area contributed by atoms with E-state index in [1.807, 2.05) is 13.0 Å². The van der Waals surface area contributed by atoms with Crippen LogP contribution in [0, 0.1) is 11.3 Å². The van der Waals surface area contributed by atoms with Crippen molar-refractivity contribution in [1.82, 2.24) is 5.32 Å². The van der Waals surface area contributed by atoms with Crippen LogP contribution in [0.4, 0.5) is 5.69 Å². The third-order valence-corrected chi connectivity index (χ3v) is 2.99. The summed E-state index contributed by atoms with van der Waals surface area (Å²) >= 11 is 0. The minimum Gasteiger partial charge on any atom is -0.479 e. The van der Waals surface area contributed by atoms with Gasteiger partial charge in [-0.1, -0.05) is 0 Å². The van der Waals surface area contributed by atoms with Gasteiger partial charge in [-0.15, -0.1) is 0 Å². The summed E-state index contributed by atoms with van der Waals surface area (Å²) in [7, 11) is 0. The maximum atomic E-state index is 11.7. The van der Waals surface area contributed by atoms with E-state index in [0.717, 1.165) is 13.1 Å². The fraction of sp³-hybridized carbons (Fsp3) is 0.429. The van der Waals surface area contributed by atoms with Gasteiger partial charge in [0, 0.05) is 18.8 Å². The van der Waals surface area contributed by atoms with Crippen molar-refractivity contribution in [3.05, 3.63) is 24.3 Å². The van der Waals surface area contributed by atoms with Gasteiger partial charge >= 0.3 is 0 Å². The van der Waals surface area contributed by atoms with Crippen molar-refractivity contribution in [2.24, 2.45) is 0 Å². The second-order valence-corrected chi connectivity index (χ2v) is 4.86. The zero-order valence-electron chi connectivity index (χ0n) is 11.3. The van der Waals surface area contributed by atoms with Crippen molar-refractivity contribution in [3.8, 4) is 11.8 Å². The molecule has 0 spiro atoms. The Balaban J connectivity index is 1.77. The predicted octanol–water partition coefficient (Wildman–Crippen LogP) is 0.906. The van der Waals surface area contributed by atoms with Crippen molar-refractivity contribution in [2.75, 3.05) is 31.6 Å². The van der Waals surface area contributed by atoms with Crippen LogP contribution in [-0.2, 0) is 9.53 Å². The molecule has 0 saturated carbocycles. The first kappa shape index (κ1) is 14.3. The average molecular weight is 275 g/mol. The Hall–Kier alpha value is -2.10. The van der Waals surface area contributed by atoms with Gasteiger partial charge in [-0.05, 0) is 31.2 Å². The Labute approximate surface area is 117 Å². The molecular formula is C14H17N3O3. The summed E-state index contributed by atoms with van der Waals surface area (Å²) in [5.41, 5.74) is 0.437. The van der Waals surface area contributed by atoms with E-state index >= 15 is 0 Å². The minimum absolute atomic E-state index is 0.00612. The molecule has 1 aromatic carbocycles. The van der Waals surface area contributed by atoms with E-state index < -0.39 is 0 Å². The molecule has 0 radical (unpaired) electrons. The fourth-order valence-corrected chi connectivity index (χ4v) is 1.77. The van der Waals surface area contributed by atoms with E-state index in [0.29, 0.717) is 11.4 Å². The molecule has 0 aliphatic carbocycles. The van der Waals surface area contributed by atoms with Crippen LogP contribution in [0.3, 0.4) is 0 Å². The van der Waals surface area contributed by atoms with Crippen molar-refractivity contribution >= 4 is 11.6 Å². The van der Waals surface area contributed by atoms with Gasteiger partial charge in [0.2, 0.25) is 5.91 Å². The summed E-state index contributed by atoms with van der Waals surface area (Å²) in [6.45, 7) is 3.55. The van der Waals surface area contributed by atoms with Crippen molar-refractivity contribution < 1.29 is 14.3 Å². The summed E-state index contributed by atoms with van der Waals surface area (Å²) in [4.78, 5) is 11.7. The van der Waals surface area contributed by atoms with E-state index in [1.54, 1.807) is 24.3 Å². The average Bonchev–Trinajstić information content (AvgIpc) is 2.42. The molecular weight excluding hydrogens is 258 g/mol. The number of carbonyl (C=O) groups excluding carboxylic acids is 1. The van der Waals surface area contributed by atoms with Gasteiger partial charge in [-0.2, -0.15) is 5.26 Å². The number of ether oxygens (including phenoxy) is 2. The summed E-state index contributed by atoms with van der Waals surface area (Å²) in [6, 6.07) is 8.73. The van der Waals surface area contributed by atoms with Crippen LogP contribution < -0.4 is 15.4 Å². The number of benzene rings is 1. The number of hydrogen-bond donors (Lipinski definition) is 2. The quantitative estimate of drug-likeness (QED) is 0.806. The molecule has 0 atom stereocenters. The lowest BCUT2D eigenvalue weighted by molar-refractivity contribution is -0.130. The van der Waals surface area contributed by atoms with Gasteiger partial charge in [0.15, 0.2) is 6.61 Å². The maximum absolute atomic E-state index is 11.7. The van der Waals surface area contributed by atoms with Crippen LogP contribution in [-0.4, -0.2) is 37.8 Å². The third kappa shape index (κ3) is 3.95. The SMILES string of the molecule is CC1(OCC(=O)Nc2ccc(OCC#N)cc2)CNC1. The van der Waals surface area contributed by atoms with E-state index in [4.69, 9.17) is 14.7 Å². The molecule has 1 saturated heterocycles. The first-order valence-corrected chi connectivity index (χ1v) is 6.36. The number of rotatable bonds is 6. The summed E-state index contributed by atoms with van der Waals surface area (Å²) in [6.07, 6.45) is 0. The normalized spacial score (nSPS) is 15.8. The summed E-state index contributed by atoms with van der Waals surface area (Å²) in [5, 5.41) is 14.2. The second-order valence-electron chi connectivity index (χ2n) is 4.86. The maximum Gasteiger partial charge on any atom is 0.250 e. The van der Waals surface area contributed by atoms with Crippen LogP contribution in [0.25, 0.3) is 0 Å². The first-order chi connectivity index (χ1) is 9.61. The lowest BCUT2D eigenvalue weighted by atomic mass is 10.0. The molecule has 2 rings (SSSR count). The van der Waals surface area contributed by atoms with Gasteiger partial charge in [-0.3, -0.25) is 4.79 Å². The van der Waals surface area contributed by atoms with E-state index in [1.165, 1.54) is 0 Å². The first-order valence-electron chi connectivity index (χ1n) is 6.36. The van der Waals surface area contributed by atoms with E-state index in [-0.39, 0.29) is 24.7 Å². The Morgan fingerprint density at radius 2 is 2.15 bits per heavy atom. The number of carbonyl (C=O) groups is 1. The lowest BCUT2D eigenvalue weighted by Crippen LogP contribution is -2.59. The van der Waals surface area contributed by atoms with Crippen molar-refractivity contribution in [3.63, 3.8) is 0 Å². The lowest BCUT2D eigenvalue weighted by Gasteiger charge is -2.38. The molecule has 106 valence electrons. The molecule has 1 amide bonds. The minimum atomic E-state index is -0.230. The van der Waals surface area contributed by atoms with Crippen LogP contribution in [0.1, 0.15) is 6.92 Å². The van der Waals surface area contributed by atoms with Gasteiger partial charge in [0.1, 0.15) is 18.4 Å². The van der Waals surface area contributed by atoms with Crippen molar-refractivity contribution in [1.29, 1.82) is 5.26 Å². The molecule has 0 bridgehead atoms. The second kappa shape index (κ2) is 6.37. The van der Waals surface area contributed by atoms with Crippen LogP contribution in [0.5, 0.6) is 5.75 Å². The predicted molar refractivity (Wildman–Crippen MR) is 73.4 cm³/mol. The van der Waals surface area contributed by atoms with Gasteiger partial charge in [0.05, 0.1) is 5.60 Å². The molecule has 0 unspecified atom stereocenters.